The molecule has 0 saturated carbocycles. The van der Waals surface area contributed by atoms with Gasteiger partial charge in [-0.1, -0.05) is 0 Å². The zero-order valence-electron chi connectivity index (χ0n) is 11.2. The highest BCUT2D eigenvalue weighted by Gasteiger charge is 2.35. The smallest absolute Gasteiger partial charge is 0.308 e. The summed E-state index contributed by atoms with van der Waals surface area (Å²) in [4.78, 5) is 25.2. The van der Waals surface area contributed by atoms with Crippen LogP contribution in [0.3, 0.4) is 0 Å². The first-order valence-electron chi connectivity index (χ1n) is 6.58. The normalized spacial score (nSPS) is 22.1. The predicted octanol–water partition coefficient (Wildman–Crippen LogP) is 1.88. The number of piperidine rings is 1. The molecule has 0 aromatic heterocycles. The molecule has 5 heteroatoms. The lowest BCUT2D eigenvalue weighted by atomic mass is 9.90. The molecule has 1 N–H and O–H groups in total. The van der Waals surface area contributed by atoms with E-state index in [0.717, 1.165) is 0 Å². The summed E-state index contributed by atoms with van der Waals surface area (Å²) in [5.41, 5.74) is 0.985. The summed E-state index contributed by atoms with van der Waals surface area (Å²) in [7, 11) is 0. The summed E-state index contributed by atoms with van der Waals surface area (Å²) in [5, 5.41) is 17.9. The van der Waals surface area contributed by atoms with Gasteiger partial charge in [-0.15, -0.1) is 0 Å². The van der Waals surface area contributed by atoms with Crippen LogP contribution in [0.2, 0.25) is 0 Å². The minimum atomic E-state index is -0.852. The number of likely N-dealkylation sites (tertiary alicyclic amines) is 1. The van der Waals surface area contributed by atoms with Crippen LogP contribution in [-0.4, -0.2) is 34.5 Å². The Kier molecular flexibility index (Phi) is 4.04. The van der Waals surface area contributed by atoms with Crippen LogP contribution >= 0.6 is 0 Å². The van der Waals surface area contributed by atoms with E-state index in [2.05, 4.69) is 0 Å². The van der Waals surface area contributed by atoms with Crippen LogP contribution in [0.15, 0.2) is 24.3 Å². The van der Waals surface area contributed by atoms with Crippen LogP contribution in [0.4, 0.5) is 0 Å². The standard InChI is InChI=1S/C15H16N2O3/c1-10-13(15(19)20)3-2-8-17(10)14(18)12-6-4-11(9-16)5-7-12/h4-7,10,13H,2-3,8H2,1H3,(H,19,20)/t10-,13-/m1/s1. The first kappa shape index (κ1) is 14.1. The van der Waals surface area contributed by atoms with Gasteiger partial charge in [-0.3, -0.25) is 9.59 Å². The Morgan fingerprint density at radius 1 is 1.35 bits per heavy atom. The number of nitrogens with zero attached hydrogens (tertiary/aromatic N) is 2. The number of benzene rings is 1. The maximum Gasteiger partial charge on any atom is 0.308 e. The van der Waals surface area contributed by atoms with Gasteiger partial charge in [-0.2, -0.15) is 5.26 Å². The lowest BCUT2D eigenvalue weighted by molar-refractivity contribution is -0.144. The molecule has 1 amide bonds. The molecule has 20 heavy (non-hydrogen) atoms. The molecular weight excluding hydrogens is 256 g/mol. The molecule has 1 heterocycles. The first-order valence-corrected chi connectivity index (χ1v) is 6.58. The van der Waals surface area contributed by atoms with Gasteiger partial charge in [-0.25, -0.2) is 0 Å². The molecule has 0 spiro atoms. The Morgan fingerprint density at radius 2 is 2.00 bits per heavy atom. The molecule has 0 bridgehead atoms. The van der Waals surface area contributed by atoms with E-state index in [1.807, 2.05) is 6.07 Å². The van der Waals surface area contributed by atoms with E-state index >= 15 is 0 Å². The molecular formula is C15H16N2O3. The van der Waals surface area contributed by atoms with Gasteiger partial charge in [0, 0.05) is 18.2 Å². The number of carboxylic acid groups (broad SMARTS) is 1. The third-order valence-electron chi connectivity index (χ3n) is 3.83. The molecule has 2 atom stereocenters. The van der Waals surface area contributed by atoms with E-state index in [4.69, 9.17) is 5.26 Å². The largest absolute Gasteiger partial charge is 0.481 e. The summed E-state index contributed by atoms with van der Waals surface area (Å²) >= 11 is 0. The summed E-state index contributed by atoms with van der Waals surface area (Å²) in [6.07, 6.45) is 1.30. The van der Waals surface area contributed by atoms with Crippen molar-refractivity contribution in [1.29, 1.82) is 5.26 Å². The second-order valence-electron chi connectivity index (χ2n) is 5.02. The van der Waals surface area contributed by atoms with Gasteiger partial charge in [-0.05, 0) is 44.0 Å². The summed E-state index contributed by atoms with van der Waals surface area (Å²) < 4.78 is 0. The molecule has 0 aliphatic carbocycles. The fraction of sp³-hybridized carbons (Fsp3) is 0.400. The average Bonchev–Trinajstić information content (AvgIpc) is 2.46. The molecule has 104 valence electrons. The van der Waals surface area contributed by atoms with Crippen LogP contribution < -0.4 is 0 Å². The van der Waals surface area contributed by atoms with Gasteiger partial charge in [0.15, 0.2) is 0 Å². The van der Waals surface area contributed by atoms with Gasteiger partial charge in [0.1, 0.15) is 0 Å². The summed E-state index contributed by atoms with van der Waals surface area (Å²) in [5.74, 6) is -1.53. The van der Waals surface area contributed by atoms with E-state index in [1.54, 1.807) is 36.1 Å². The fourth-order valence-corrected chi connectivity index (χ4v) is 2.61. The van der Waals surface area contributed by atoms with Crippen molar-refractivity contribution in [3.05, 3.63) is 35.4 Å². The molecule has 0 unspecified atom stereocenters. The predicted molar refractivity (Wildman–Crippen MR) is 72.0 cm³/mol. The van der Waals surface area contributed by atoms with Crippen LogP contribution in [0.25, 0.3) is 0 Å². The Labute approximate surface area is 117 Å². The lowest BCUT2D eigenvalue weighted by Crippen LogP contribution is -2.49. The molecule has 1 fully saturated rings. The van der Waals surface area contributed by atoms with Crippen molar-refractivity contribution in [2.45, 2.75) is 25.8 Å². The van der Waals surface area contributed by atoms with Crippen molar-refractivity contribution in [3.63, 3.8) is 0 Å². The van der Waals surface area contributed by atoms with Crippen molar-refractivity contribution in [2.24, 2.45) is 5.92 Å². The van der Waals surface area contributed by atoms with Crippen molar-refractivity contribution in [2.75, 3.05) is 6.54 Å². The number of nitriles is 1. The first-order chi connectivity index (χ1) is 9.54. The Hall–Kier alpha value is -2.35. The quantitative estimate of drug-likeness (QED) is 0.891. The highest BCUT2D eigenvalue weighted by atomic mass is 16.4. The van der Waals surface area contributed by atoms with Crippen molar-refractivity contribution in [3.8, 4) is 6.07 Å². The lowest BCUT2D eigenvalue weighted by Gasteiger charge is -2.37. The molecule has 1 aromatic carbocycles. The highest BCUT2D eigenvalue weighted by molar-refractivity contribution is 5.95. The van der Waals surface area contributed by atoms with Gasteiger partial charge < -0.3 is 10.0 Å². The van der Waals surface area contributed by atoms with Crippen LogP contribution in [0, 0.1) is 17.2 Å². The number of carboxylic acids is 1. The van der Waals surface area contributed by atoms with Crippen LogP contribution in [0.1, 0.15) is 35.7 Å². The van der Waals surface area contributed by atoms with Crippen LogP contribution in [-0.2, 0) is 4.79 Å². The minimum absolute atomic E-state index is 0.173. The number of carbonyl (C=O) groups is 2. The van der Waals surface area contributed by atoms with Gasteiger partial charge >= 0.3 is 5.97 Å². The number of aliphatic carboxylic acids is 1. The number of rotatable bonds is 2. The zero-order chi connectivity index (χ0) is 14.7. The molecule has 1 aliphatic rings. The van der Waals surface area contributed by atoms with Crippen molar-refractivity contribution < 1.29 is 14.7 Å². The maximum absolute atomic E-state index is 12.4. The Morgan fingerprint density at radius 3 is 2.55 bits per heavy atom. The Balaban J connectivity index is 2.19. The SMILES string of the molecule is C[C@@H]1[C@H](C(=O)O)CCCN1C(=O)c1ccc(C#N)cc1. The molecule has 1 aromatic rings. The molecule has 1 aliphatic heterocycles. The zero-order valence-corrected chi connectivity index (χ0v) is 11.2. The Bertz CT molecular complexity index is 559. The second kappa shape index (κ2) is 5.74. The second-order valence-corrected chi connectivity index (χ2v) is 5.02. The monoisotopic (exact) mass is 272 g/mol. The van der Waals surface area contributed by atoms with Gasteiger partial charge in [0.05, 0.1) is 17.6 Å². The van der Waals surface area contributed by atoms with Gasteiger partial charge in [0.25, 0.3) is 5.91 Å². The number of hydrogen-bond donors (Lipinski definition) is 1. The number of carbonyl (C=O) groups excluding carboxylic acids is 1. The average molecular weight is 272 g/mol. The van der Waals surface area contributed by atoms with E-state index in [-0.39, 0.29) is 11.9 Å². The fourth-order valence-electron chi connectivity index (χ4n) is 2.61. The topological polar surface area (TPSA) is 81.4 Å². The molecule has 5 nitrogen and oxygen atoms in total. The van der Waals surface area contributed by atoms with Crippen LogP contribution in [0.5, 0.6) is 0 Å². The third kappa shape index (κ3) is 2.64. The van der Waals surface area contributed by atoms with E-state index in [9.17, 15) is 14.7 Å². The van der Waals surface area contributed by atoms with E-state index < -0.39 is 11.9 Å². The molecule has 0 radical (unpaired) electrons. The summed E-state index contributed by atoms with van der Waals surface area (Å²) in [6, 6.07) is 8.09. The summed E-state index contributed by atoms with van der Waals surface area (Å²) in [6.45, 7) is 2.35. The molecule has 1 saturated heterocycles. The van der Waals surface area contributed by atoms with Crippen molar-refractivity contribution >= 4 is 11.9 Å². The molecule has 2 rings (SSSR count). The van der Waals surface area contributed by atoms with E-state index in [1.165, 1.54) is 0 Å². The third-order valence-corrected chi connectivity index (χ3v) is 3.83. The van der Waals surface area contributed by atoms with Gasteiger partial charge in [0.2, 0.25) is 0 Å². The highest BCUT2D eigenvalue weighted by Crippen LogP contribution is 2.25. The number of hydrogen-bond acceptors (Lipinski definition) is 3. The van der Waals surface area contributed by atoms with E-state index in [0.29, 0.717) is 30.5 Å². The van der Waals surface area contributed by atoms with Crippen molar-refractivity contribution in [1.82, 2.24) is 4.90 Å². The maximum atomic E-state index is 12.4. The number of amides is 1. The minimum Gasteiger partial charge on any atom is -0.481 e.